The van der Waals surface area contributed by atoms with Gasteiger partial charge < -0.3 is 10.4 Å². The van der Waals surface area contributed by atoms with E-state index >= 15 is 0 Å². The van der Waals surface area contributed by atoms with Gasteiger partial charge >= 0.3 is 0 Å². The predicted octanol–water partition coefficient (Wildman–Crippen LogP) is 1.91. The number of aromatic nitrogens is 2. The molecule has 2 N–H and O–H groups in total. The summed E-state index contributed by atoms with van der Waals surface area (Å²) in [4.78, 5) is 8.77. The monoisotopic (exact) mass is 271 g/mol. The normalized spacial score (nSPS) is 15.3. The number of halogens is 1. The maximum absolute atomic E-state index is 8.67. The molecule has 1 heterocycles. The molecule has 0 spiro atoms. The summed E-state index contributed by atoms with van der Waals surface area (Å²) in [6, 6.07) is 1.86. The van der Waals surface area contributed by atoms with Crippen molar-refractivity contribution in [2.24, 2.45) is 0 Å². The number of aliphatic hydroxyl groups is 1. The van der Waals surface area contributed by atoms with Crippen LogP contribution < -0.4 is 5.32 Å². The van der Waals surface area contributed by atoms with Crippen molar-refractivity contribution in [1.82, 2.24) is 9.97 Å². The zero-order valence-electron chi connectivity index (χ0n) is 8.41. The van der Waals surface area contributed by atoms with Crippen LogP contribution in [-0.4, -0.2) is 28.2 Å². The summed E-state index contributed by atoms with van der Waals surface area (Å²) < 4.78 is 0.825. The Balaban J connectivity index is 2.02. The predicted molar refractivity (Wildman–Crippen MR) is 61.9 cm³/mol. The molecular weight excluding hydrogens is 258 g/mol. The lowest BCUT2D eigenvalue weighted by Gasteiger charge is -2.06. The third kappa shape index (κ3) is 3.14. The van der Waals surface area contributed by atoms with Crippen LogP contribution in [0.25, 0.3) is 0 Å². The molecule has 82 valence electrons. The van der Waals surface area contributed by atoms with Crippen molar-refractivity contribution in [3.8, 4) is 0 Å². The molecule has 0 amide bonds. The molecule has 1 saturated carbocycles. The average Bonchev–Trinajstić information content (AvgIpc) is 3.00. The molecule has 0 bridgehead atoms. The Kier molecular flexibility index (Phi) is 3.53. The zero-order valence-corrected chi connectivity index (χ0v) is 10.00. The van der Waals surface area contributed by atoms with E-state index in [1.165, 1.54) is 12.8 Å². The van der Waals surface area contributed by atoms with Crippen LogP contribution in [0, 0.1) is 0 Å². The van der Waals surface area contributed by atoms with Crippen molar-refractivity contribution in [3.05, 3.63) is 16.5 Å². The van der Waals surface area contributed by atoms with Crippen molar-refractivity contribution >= 4 is 21.7 Å². The summed E-state index contributed by atoms with van der Waals surface area (Å²) in [6.45, 7) is 0.943. The van der Waals surface area contributed by atoms with Crippen LogP contribution in [0.2, 0.25) is 0 Å². The van der Waals surface area contributed by atoms with Gasteiger partial charge in [0.1, 0.15) is 16.2 Å². The first-order chi connectivity index (χ1) is 7.29. The standard InChI is InChI=1S/C10H14BrN3O/c11-8-6-9(12-4-1-5-15)14-10(13-8)7-2-3-7/h6-7,15H,1-5H2,(H,12,13,14). The van der Waals surface area contributed by atoms with Crippen LogP contribution >= 0.6 is 15.9 Å². The Hall–Kier alpha value is -0.680. The van der Waals surface area contributed by atoms with Gasteiger partial charge in [0.05, 0.1) is 0 Å². The second-order valence-electron chi connectivity index (χ2n) is 3.71. The highest BCUT2D eigenvalue weighted by molar-refractivity contribution is 9.10. The largest absolute Gasteiger partial charge is 0.396 e. The summed E-state index contributed by atoms with van der Waals surface area (Å²) in [7, 11) is 0. The molecule has 1 aliphatic carbocycles. The molecule has 2 rings (SSSR count). The van der Waals surface area contributed by atoms with Crippen LogP contribution in [0.3, 0.4) is 0 Å². The highest BCUT2D eigenvalue weighted by Crippen LogP contribution is 2.38. The van der Waals surface area contributed by atoms with Crippen molar-refractivity contribution in [2.75, 3.05) is 18.5 Å². The molecule has 4 nitrogen and oxygen atoms in total. The maximum Gasteiger partial charge on any atom is 0.135 e. The summed E-state index contributed by atoms with van der Waals surface area (Å²) in [6.07, 6.45) is 3.14. The number of anilines is 1. The van der Waals surface area contributed by atoms with Gasteiger partial charge in [-0.2, -0.15) is 0 Å². The third-order valence-corrected chi connectivity index (χ3v) is 2.70. The molecule has 0 unspecified atom stereocenters. The molecular formula is C10H14BrN3O. The highest BCUT2D eigenvalue weighted by atomic mass is 79.9. The number of nitrogens with one attached hydrogen (secondary N) is 1. The number of aliphatic hydroxyl groups excluding tert-OH is 1. The van der Waals surface area contributed by atoms with E-state index in [0.717, 1.165) is 29.2 Å². The van der Waals surface area contributed by atoms with E-state index < -0.39 is 0 Å². The van der Waals surface area contributed by atoms with E-state index in [2.05, 4.69) is 31.2 Å². The second kappa shape index (κ2) is 4.90. The summed E-state index contributed by atoms with van der Waals surface area (Å²) in [5.41, 5.74) is 0. The quantitative estimate of drug-likeness (QED) is 0.635. The van der Waals surface area contributed by atoms with E-state index in [-0.39, 0.29) is 6.61 Å². The van der Waals surface area contributed by atoms with Gasteiger partial charge in [-0.05, 0) is 35.2 Å². The van der Waals surface area contributed by atoms with Gasteiger partial charge in [0.15, 0.2) is 0 Å². The van der Waals surface area contributed by atoms with Crippen LogP contribution in [-0.2, 0) is 0 Å². The van der Waals surface area contributed by atoms with Gasteiger partial charge in [0.25, 0.3) is 0 Å². The second-order valence-corrected chi connectivity index (χ2v) is 4.52. The SMILES string of the molecule is OCCCNc1cc(Br)nc(C2CC2)n1. The molecule has 0 aliphatic heterocycles. The van der Waals surface area contributed by atoms with Gasteiger partial charge in [-0.1, -0.05) is 0 Å². The van der Waals surface area contributed by atoms with Gasteiger partial charge in [-0.15, -0.1) is 0 Å². The fourth-order valence-corrected chi connectivity index (χ4v) is 1.74. The number of nitrogens with zero attached hydrogens (tertiary/aromatic N) is 2. The Morgan fingerprint density at radius 3 is 2.93 bits per heavy atom. The third-order valence-electron chi connectivity index (χ3n) is 2.30. The Morgan fingerprint density at radius 1 is 1.47 bits per heavy atom. The van der Waals surface area contributed by atoms with Gasteiger partial charge in [0, 0.05) is 25.1 Å². The molecule has 1 fully saturated rings. The highest BCUT2D eigenvalue weighted by Gasteiger charge is 2.27. The molecule has 15 heavy (non-hydrogen) atoms. The molecule has 5 heteroatoms. The number of hydrogen-bond acceptors (Lipinski definition) is 4. The molecule has 1 aromatic heterocycles. The van der Waals surface area contributed by atoms with Crippen LogP contribution in [0.4, 0.5) is 5.82 Å². The van der Waals surface area contributed by atoms with Crippen molar-refractivity contribution in [3.63, 3.8) is 0 Å². The lowest BCUT2D eigenvalue weighted by Crippen LogP contribution is -2.07. The molecule has 0 aromatic carbocycles. The lowest BCUT2D eigenvalue weighted by atomic mass is 10.4. The van der Waals surface area contributed by atoms with Gasteiger partial charge in [-0.3, -0.25) is 0 Å². The molecule has 1 aromatic rings. The number of rotatable bonds is 5. The zero-order chi connectivity index (χ0) is 10.7. The van der Waals surface area contributed by atoms with Crippen molar-refractivity contribution < 1.29 is 5.11 Å². The first kappa shape index (κ1) is 10.8. The Bertz CT molecular complexity index is 341. The van der Waals surface area contributed by atoms with Gasteiger partial charge in [0.2, 0.25) is 0 Å². The van der Waals surface area contributed by atoms with E-state index in [1.54, 1.807) is 0 Å². The number of hydrogen-bond donors (Lipinski definition) is 2. The lowest BCUT2D eigenvalue weighted by molar-refractivity contribution is 0.292. The van der Waals surface area contributed by atoms with Crippen LogP contribution in [0.1, 0.15) is 31.0 Å². The van der Waals surface area contributed by atoms with E-state index in [9.17, 15) is 0 Å². The fourth-order valence-electron chi connectivity index (χ4n) is 1.35. The minimum atomic E-state index is 0.203. The van der Waals surface area contributed by atoms with E-state index in [4.69, 9.17) is 5.11 Å². The van der Waals surface area contributed by atoms with Gasteiger partial charge in [-0.25, -0.2) is 9.97 Å². The molecule has 0 saturated heterocycles. The maximum atomic E-state index is 8.67. The molecule has 0 atom stereocenters. The summed E-state index contributed by atoms with van der Waals surface area (Å²) in [5, 5.41) is 11.8. The van der Waals surface area contributed by atoms with Crippen LogP contribution in [0.5, 0.6) is 0 Å². The molecule has 0 radical (unpaired) electrons. The fraction of sp³-hybridized carbons (Fsp3) is 0.600. The Labute approximate surface area is 97.3 Å². The average molecular weight is 272 g/mol. The molecule has 1 aliphatic rings. The minimum absolute atomic E-state index is 0.203. The summed E-state index contributed by atoms with van der Waals surface area (Å²) in [5.74, 6) is 2.32. The summed E-state index contributed by atoms with van der Waals surface area (Å²) >= 11 is 3.38. The topological polar surface area (TPSA) is 58.0 Å². The first-order valence-corrected chi connectivity index (χ1v) is 5.98. The van der Waals surface area contributed by atoms with E-state index in [0.29, 0.717) is 5.92 Å². The Morgan fingerprint density at radius 2 is 2.27 bits per heavy atom. The van der Waals surface area contributed by atoms with E-state index in [1.807, 2.05) is 6.07 Å². The smallest absolute Gasteiger partial charge is 0.135 e. The first-order valence-electron chi connectivity index (χ1n) is 5.19. The van der Waals surface area contributed by atoms with Crippen molar-refractivity contribution in [2.45, 2.75) is 25.2 Å². The minimum Gasteiger partial charge on any atom is -0.396 e. The van der Waals surface area contributed by atoms with Crippen LogP contribution in [0.15, 0.2) is 10.7 Å². The van der Waals surface area contributed by atoms with Crippen molar-refractivity contribution in [1.29, 1.82) is 0 Å².